The number of aliphatic hydroxyl groups excluding tert-OH is 1. The minimum absolute atomic E-state index is 0. The lowest BCUT2D eigenvalue weighted by Crippen LogP contribution is -2.50. The van der Waals surface area contributed by atoms with E-state index in [1.54, 1.807) is 0 Å². The Morgan fingerprint density at radius 1 is 1.17 bits per heavy atom. The van der Waals surface area contributed by atoms with Gasteiger partial charge in [-0.3, -0.25) is 0 Å². The Bertz CT molecular complexity index is 411. The molecule has 1 aliphatic rings. The lowest BCUT2D eigenvalue weighted by Gasteiger charge is -2.32. The molecule has 4 N–H and O–H groups in total. The van der Waals surface area contributed by atoms with E-state index in [1.807, 2.05) is 18.2 Å². The monoisotopic (exact) mass is 362 g/mol. The van der Waals surface area contributed by atoms with Gasteiger partial charge in [-0.25, -0.2) is 0 Å². The Kier molecular flexibility index (Phi) is 11.1. The van der Waals surface area contributed by atoms with Gasteiger partial charge >= 0.3 is 0 Å². The molecule has 1 fully saturated rings. The fourth-order valence-electron chi connectivity index (χ4n) is 3.54. The molecule has 23 heavy (non-hydrogen) atoms. The summed E-state index contributed by atoms with van der Waals surface area (Å²) in [6, 6.07) is 9.95. The number of benzene rings is 1. The zero-order chi connectivity index (χ0) is 15.1. The predicted octanol–water partition coefficient (Wildman–Crippen LogP) is 3.46. The van der Waals surface area contributed by atoms with Gasteiger partial charge in [-0.15, -0.1) is 24.8 Å². The molecule has 0 bridgehead atoms. The van der Waals surface area contributed by atoms with Crippen LogP contribution in [0.1, 0.15) is 51.0 Å². The van der Waals surface area contributed by atoms with E-state index >= 15 is 0 Å². The number of nitrogens with one attached hydrogen (secondary N) is 1. The van der Waals surface area contributed by atoms with Crippen LogP contribution in [0.2, 0.25) is 0 Å². The normalized spacial score (nSPS) is 18.6. The number of nitrogens with two attached hydrogens (primary N) is 1. The molecule has 0 heterocycles. The molecule has 1 aliphatic carbocycles. The Morgan fingerprint density at radius 3 is 2.35 bits per heavy atom. The maximum Gasteiger partial charge on any atom is 0.0818 e. The first-order chi connectivity index (χ1) is 10.2. The first-order valence-corrected chi connectivity index (χ1v) is 8.38. The number of halogens is 2. The lowest BCUT2D eigenvalue weighted by atomic mass is 9.91. The summed E-state index contributed by atoms with van der Waals surface area (Å²) in [5.74, 6) is 0. The van der Waals surface area contributed by atoms with Gasteiger partial charge in [-0.2, -0.15) is 0 Å². The summed E-state index contributed by atoms with van der Waals surface area (Å²) >= 11 is 0. The highest BCUT2D eigenvalue weighted by Crippen LogP contribution is 2.33. The van der Waals surface area contributed by atoms with Crippen LogP contribution in [0.15, 0.2) is 30.3 Å². The molecule has 0 aliphatic heterocycles. The molecule has 0 saturated heterocycles. The molecule has 1 saturated carbocycles. The molecule has 2 atom stereocenters. The minimum Gasteiger partial charge on any atom is -0.390 e. The smallest absolute Gasteiger partial charge is 0.0818 e. The van der Waals surface area contributed by atoms with Gasteiger partial charge in [0, 0.05) is 18.1 Å². The van der Waals surface area contributed by atoms with Crippen molar-refractivity contribution >= 4 is 24.8 Å². The van der Waals surface area contributed by atoms with Crippen LogP contribution in [0.3, 0.4) is 0 Å². The number of hydrogen-bond acceptors (Lipinski definition) is 3. The minimum atomic E-state index is -0.487. The fraction of sp³-hybridized carbons (Fsp3) is 0.667. The number of hydrogen-bond donors (Lipinski definition) is 3. The van der Waals surface area contributed by atoms with Crippen LogP contribution in [0.4, 0.5) is 0 Å². The summed E-state index contributed by atoms with van der Waals surface area (Å²) in [7, 11) is 0. The molecule has 134 valence electrons. The maximum atomic E-state index is 10.3. The second-order valence-electron chi connectivity index (χ2n) is 6.54. The van der Waals surface area contributed by atoms with Crippen molar-refractivity contribution in [3.05, 3.63) is 35.9 Å². The number of rotatable bonds is 8. The van der Waals surface area contributed by atoms with Crippen LogP contribution in [0, 0.1) is 0 Å². The second kappa shape index (κ2) is 11.3. The molecule has 1 aromatic rings. The molecule has 3 nitrogen and oxygen atoms in total. The zero-order valence-electron chi connectivity index (χ0n) is 14.0. The van der Waals surface area contributed by atoms with Gasteiger partial charge in [0.1, 0.15) is 0 Å². The molecule has 5 heteroatoms. The van der Waals surface area contributed by atoms with Crippen LogP contribution in [-0.4, -0.2) is 29.3 Å². The van der Waals surface area contributed by atoms with Crippen molar-refractivity contribution in [2.45, 2.75) is 69.6 Å². The molecule has 0 aromatic heterocycles. The van der Waals surface area contributed by atoms with E-state index in [-0.39, 0.29) is 36.4 Å². The van der Waals surface area contributed by atoms with Crippen LogP contribution < -0.4 is 11.1 Å². The standard InChI is InChI=1S/C18H30N2O.2ClH/c1-2-10-18(11-6-7-12-18)20-14-17(21)16(19)13-15-8-4-3-5-9-15;;/h3-5,8-9,16-17,20-21H,2,6-7,10-14,19H2,1H3;2*1H/t16-,17+;;/m0../s1. The second-order valence-corrected chi connectivity index (χ2v) is 6.54. The Balaban J connectivity index is 0.00000242. The summed E-state index contributed by atoms with van der Waals surface area (Å²) in [5.41, 5.74) is 7.60. The largest absolute Gasteiger partial charge is 0.390 e. The highest BCUT2D eigenvalue weighted by atomic mass is 35.5. The van der Waals surface area contributed by atoms with E-state index in [1.165, 1.54) is 44.1 Å². The molecule has 0 unspecified atom stereocenters. The summed E-state index contributed by atoms with van der Waals surface area (Å²) < 4.78 is 0. The Labute approximate surface area is 153 Å². The van der Waals surface area contributed by atoms with Crippen molar-refractivity contribution in [1.29, 1.82) is 0 Å². The third kappa shape index (κ3) is 6.98. The van der Waals surface area contributed by atoms with Crippen LogP contribution in [0.5, 0.6) is 0 Å². The van der Waals surface area contributed by atoms with Gasteiger partial charge in [0.15, 0.2) is 0 Å². The van der Waals surface area contributed by atoms with Gasteiger partial charge in [0.05, 0.1) is 6.10 Å². The average Bonchev–Trinajstić information content (AvgIpc) is 2.95. The third-order valence-electron chi connectivity index (χ3n) is 4.78. The van der Waals surface area contributed by atoms with Crippen molar-refractivity contribution in [2.24, 2.45) is 5.73 Å². The molecule has 1 aromatic carbocycles. The van der Waals surface area contributed by atoms with Gasteiger partial charge in [0.2, 0.25) is 0 Å². The van der Waals surface area contributed by atoms with Gasteiger partial charge in [-0.1, -0.05) is 56.5 Å². The molecule has 0 amide bonds. The average molecular weight is 363 g/mol. The van der Waals surface area contributed by atoms with Crippen molar-refractivity contribution < 1.29 is 5.11 Å². The first kappa shape index (κ1) is 22.7. The van der Waals surface area contributed by atoms with E-state index in [0.29, 0.717) is 6.54 Å². The van der Waals surface area contributed by atoms with Crippen LogP contribution in [-0.2, 0) is 6.42 Å². The third-order valence-corrected chi connectivity index (χ3v) is 4.78. The summed E-state index contributed by atoms with van der Waals surface area (Å²) in [5, 5.41) is 14.0. The van der Waals surface area contributed by atoms with E-state index in [4.69, 9.17) is 5.73 Å². The SMILES string of the molecule is CCCC1(NC[C@@H](O)[C@@H](N)Cc2ccccc2)CCCC1.Cl.Cl. The van der Waals surface area contributed by atoms with E-state index in [0.717, 1.165) is 6.42 Å². The first-order valence-electron chi connectivity index (χ1n) is 8.38. The maximum absolute atomic E-state index is 10.3. The number of aliphatic hydroxyl groups is 1. The summed E-state index contributed by atoms with van der Waals surface area (Å²) in [4.78, 5) is 0. The highest BCUT2D eigenvalue weighted by Gasteiger charge is 2.33. The van der Waals surface area contributed by atoms with Crippen LogP contribution in [0.25, 0.3) is 0 Å². The lowest BCUT2D eigenvalue weighted by molar-refractivity contribution is 0.125. The molecule has 0 radical (unpaired) electrons. The van der Waals surface area contributed by atoms with Gasteiger partial charge in [-0.05, 0) is 31.2 Å². The van der Waals surface area contributed by atoms with Crippen molar-refractivity contribution in [1.82, 2.24) is 5.32 Å². The van der Waals surface area contributed by atoms with Gasteiger partial charge in [0.25, 0.3) is 0 Å². The Hall–Kier alpha value is -0.320. The summed E-state index contributed by atoms with van der Waals surface area (Å²) in [6.45, 7) is 2.84. The van der Waals surface area contributed by atoms with E-state index < -0.39 is 6.10 Å². The quantitative estimate of drug-likeness (QED) is 0.663. The van der Waals surface area contributed by atoms with Crippen molar-refractivity contribution in [3.63, 3.8) is 0 Å². The molecule has 0 spiro atoms. The molecular formula is C18H32Cl2N2O. The number of β-amino-alcohol motifs (C(OH)–C–C–N with tert-alkyl or cyclic N) is 1. The van der Waals surface area contributed by atoms with Gasteiger partial charge < -0.3 is 16.2 Å². The molecular weight excluding hydrogens is 331 g/mol. The summed E-state index contributed by atoms with van der Waals surface area (Å²) in [6.07, 6.45) is 7.72. The Morgan fingerprint density at radius 2 is 1.78 bits per heavy atom. The van der Waals surface area contributed by atoms with E-state index in [9.17, 15) is 5.11 Å². The topological polar surface area (TPSA) is 58.3 Å². The zero-order valence-corrected chi connectivity index (χ0v) is 15.7. The van der Waals surface area contributed by atoms with Crippen LogP contribution >= 0.6 is 24.8 Å². The molecule has 2 rings (SSSR count). The predicted molar refractivity (Wildman–Crippen MR) is 103 cm³/mol. The highest BCUT2D eigenvalue weighted by molar-refractivity contribution is 5.85. The van der Waals surface area contributed by atoms with E-state index in [2.05, 4.69) is 24.4 Å². The van der Waals surface area contributed by atoms with Crippen molar-refractivity contribution in [3.8, 4) is 0 Å². The fourth-order valence-corrected chi connectivity index (χ4v) is 3.54. The van der Waals surface area contributed by atoms with Crippen molar-refractivity contribution in [2.75, 3.05) is 6.54 Å².